The second-order valence-electron chi connectivity index (χ2n) is 7.22. The SMILES string of the molecule is Cc1ccc(OC[C@@H]2CCn3nccc3CN2C(=O)C2CC(O)C2)cn1. The van der Waals surface area contributed by atoms with Crippen molar-refractivity contribution >= 4 is 5.91 Å². The fraction of sp³-hybridized carbons (Fsp3) is 0.526. The van der Waals surface area contributed by atoms with Gasteiger partial charge >= 0.3 is 0 Å². The molecule has 138 valence electrons. The Morgan fingerprint density at radius 1 is 1.35 bits per heavy atom. The molecule has 1 saturated carbocycles. The number of pyridine rings is 1. The number of hydrogen-bond donors (Lipinski definition) is 1. The summed E-state index contributed by atoms with van der Waals surface area (Å²) in [7, 11) is 0. The summed E-state index contributed by atoms with van der Waals surface area (Å²) in [6, 6.07) is 5.75. The first-order valence-corrected chi connectivity index (χ1v) is 9.15. The molecule has 1 amide bonds. The lowest BCUT2D eigenvalue weighted by atomic mass is 9.81. The summed E-state index contributed by atoms with van der Waals surface area (Å²) < 4.78 is 7.89. The van der Waals surface area contributed by atoms with E-state index < -0.39 is 0 Å². The van der Waals surface area contributed by atoms with Crippen LogP contribution in [0.5, 0.6) is 5.75 Å². The number of nitrogens with zero attached hydrogens (tertiary/aromatic N) is 4. The molecule has 1 atom stereocenters. The number of hydrogen-bond acceptors (Lipinski definition) is 5. The van der Waals surface area contributed by atoms with Crippen LogP contribution in [0.3, 0.4) is 0 Å². The molecule has 7 nitrogen and oxygen atoms in total. The molecular weight excluding hydrogens is 332 g/mol. The highest BCUT2D eigenvalue weighted by Crippen LogP contribution is 2.31. The zero-order chi connectivity index (χ0) is 18.1. The van der Waals surface area contributed by atoms with Crippen molar-refractivity contribution < 1.29 is 14.6 Å². The highest BCUT2D eigenvalue weighted by molar-refractivity contribution is 5.80. The molecule has 0 spiro atoms. The van der Waals surface area contributed by atoms with Crippen LogP contribution in [0.4, 0.5) is 0 Å². The van der Waals surface area contributed by atoms with Crippen molar-refractivity contribution in [3.63, 3.8) is 0 Å². The number of aliphatic hydroxyl groups is 1. The van der Waals surface area contributed by atoms with E-state index in [0.717, 1.165) is 24.4 Å². The van der Waals surface area contributed by atoms with E-state index in [1.165, 1.54) is 0 Å². The van der Waals surface area contributed by atoms with Gasteiger partial charge in [0, 0.05) is 24.4 Å². The standard InChI is InChI=1S/C19H24N4O3/c1-13-2-3-18(10-20-13)26-12-16-5-7-23-15(4-6-21-23)11-22(16)19(25)14-8-17(24)9-14/h2-4,6,10,14,16-17,24H,5,7-9,11-12H2,1H3/t14?,16-,17?/m0/s1. The number of aromatic nitrogens is 3. The van der Waals surface area contributed by atoms with Crippen molar-refractivity contribution in [1.82, 2.24) is 19.7 Å². The number of aliphatic hydroxyl groups excluding tert-OH is 1. The number of carbonyl (C=O) groups is 1. The van der Waals surface area contributed by atoms with Crippen LogP contribution in [0.2, 0.25) is 0 Å². The molecule has 7 heteroatoms. The molecule has 2 aromatic rings. The Morgan fingerprint density at radius 3 is 2.92 bits per heavy atom. The van der Waals surface area contributed by atoms with Crippen LogP contribution >= 0.6 is 0 Å². The Bertz CT molecular complexity index is 767. The van der Waals surface area contributed by atoms with E-state index in [0.29, 0.717) is 31.7 Å². The average Bonchev–Trinajstić information content (AvgIpc) is 2.98. The summed E-state index contributed by atoms with van der Waals surface area (Å²) in [4.78, 5) is 19.2. The largest absolute Gasteiger partial charge is 0.490 e. The van der Waals surface area contributed by atoms with Gasteiger partial charge in [-0.25, -0.2) is 0 Å². The van der Waals surface area contributed by atoms with Crippen molar-refractivity contribution in [2.75, 3.05) is 6.61 Å². The maximum absolute atomic E-state index is 13.0. The molecule has 0 radical (unpaired) electrons. The monoisotopic (exact) mass is 356 g/mol. The molecule has 0 bridgehead atoms. The first-order chi connectivity index (χ1) is 12.6. The first kappa shape index (κ1) is 17.0. The van der Waals surface area contributed by atoms with Crippen molar-refractivity contribution in [1.29, 1.82) is 0 Å². The predicted molar refractivity (Wildman–Crippen MR) is 94.4 cm³/mol. The van der Waals surface area contributed by atoms with E-state index in [1.807, 2.05) is 34.7 Å². The summed E-state index contributed by atoms with van der Waals surface area (Å²) >= 11 is 0. The molecule has 0 aromatic carbocycles. The van der Waals surface area contributed by atoms with Gasteiger partial charge in [0.15, 0.2) is 0 Å². The van der Waals surface area contributed by atoms with Crippen LogP contribution in [0.1, 0.15) is 30.7 Å². The number of rotatable bonds is 4. The van der Waals surface area contributed by atoms with Crippen LogP contribution in [0.25, 0.3) is 0 Å². The molecular formula is C19H24N4O3. The zero-order valence-corrected chi connectivity index (χ0v) is 14.9. The summed E-state index contributed by atoms with van der Waals surface area (Å²) in [5.74, 6) is 0.743. The number of aryl methyl sites for hydroxylation is 2. The Morgan fingerprint density at radius 2 is 2.19 bits per heavy atom. The first-order valence-electron chi connectivity index (χ1n) is 9.15. The Hall–Kier alpha value is -2.41. The van der Waals surface area contributed by atoms with Crippen LogP contribution < -0.4 is 4.74 Å². The second-order valence-corrected chi connectivity index (χ2v) is 7.22. The third-order valence-corrected chi connectivity index (χ3v) is 5.32. The van der Waals surface area contributed by atoms with E-state index >= 15 is 0 Å². The third-order valence-electron chi connectivity index (χ3n) is 5.32. The molecule has 0 unspecified atom stereocenters. The van der Waals surface area contributed by atoms with E-state index in [4.69, 9.17) is 4.74 Å². The lowest BCUT2D eigenvalue weighted by Crippen LogP contribution is -2.49. The predicted octanol–water partition coefficient (Wildman–Crippen LogP) is 1.54. The Balaban J connectivity index is 1.49. The Labute approximate surface area is 152 Å². The molecule has 1 fully saturated rings. The molecule has 1 aliphatic carbocycles. The molecule has 1 N–H and O–H groups in total. The van der Waals surface area contributed by atoms with Crippen LogP contribution in [-0.4, -0.2) is 49.4 Å². The number of ether oxygens (including phenoxy) is 1. The zero-order valence-electron chi connectivity index (χ0n) is 14.9. The van der Waals surface area contributed by atoms with Crippen LogP contribution in [-0.2, 0) is 17.9 Å². The summed E-state index contributed by atoms with van der Waals surface area (Å²) in [5, 5.41) is 13.9. The highest BCUT2D eigenvalue weighted by Gasteiger charge is 2.39. The molecule has 1 aliphatic heterocycles. The topological polar surface area (TPSA) is 80.5 Å². The summed E-state index contributed by atoms with van der Waals surface area (Å²) in [5.41, 5.74) is 1.98. The van der Waals surface area contributed by atoms with E-state index in [2.05, 4.69) is 10.1 Å². The maximum atomic E-state index is 13.0. The molecule has 4 rings (SSSR count). The average molecular weight is 356 g/mol. The minimum atomic E-state index is -0.338. The van der Waals surface area contributed by atoms with Gasteiger partial charge in [0.25, 0.3) is 0 Å². The van der Waals surface area contributed by atoms with Gasteiger partial charge in [-0.15, -0.1) is 0 Å². The van der Waals surface area contributed by atoms with Gasteiger partial charge in [0.2, 0.25) is 5.91 Å². The van der Waals surface area contributed by atoms with Crippen LogP contribution in [0.15, 0.2) is 30.6 Å². The molecule has 2 aromatic heterocycles. The molecule has 2 aliphatic rings. The normalized spacial score (nSPS) is 25.2. The van der Waals surface area contributed by atoms with Gasteiger partial charge in [-0.1, -0.05) is 0 Å². The van der Waals surface area contributed by atoms with Crippen LogP contribution in [0, 0.1) is 12.8 Å². The van der Waals surface area contributed by atoms with Crippen molar-refractivity contribution in [2.24, 2.45) is 5.92 Å². The third kappa shape index (κ3) is 3.44. The number of carbonyl (C=O) groups excluding carboxylic acids is 1. The minimum Gasteiger partial charge on any atom is -0.490 e. The quantitative estimate of drug-likeness (QED) is 0.899. The lowest BCUT2D eigenvalue weighted by molar-refractivity contribution is -0.146. The van der Waals surface area contributed by atoms with Gasteiger partial charge in [-0.2, -0.15) is 5.10 Å². The summed E-state index contributed by atoms with van der Waals surface area (Å²) in [6.45, 7) is 3.66. The maximum Gasteiger partial charge on any atom is 0.226 e. The van der Waals surface area contributed by atoms with Gasteiger partial charge in [0.1, 0.15) is 12.4 Å². The summed E-state index contributed by atoms with van der Waals surface area (Å²) in [6.07, 6.45) is 5.06. The fourth-order valence-corrected chi connectivity index (χ4v) is 3.61. The Kier molecular flexibility index (Phi) is 4.63. The van der Waals surface area contributed by atoms with Crippen molar-refractivity contribution in [3.05, 3.63) is 42.0 Å². The van der Waals surface area contributed by atoms with Gasteiger partial charge in [-0.3, -0.25) is 14.5 Å². The fourth-order valence-electron chi connectivity index (χ4n) is 3.61. The smallest absolute Gasteiger partial charge is 0.226 e. The van der Waals surface area contributed by atoms with Crippen molar-refractivity contribution in [2.45, 2.75) is 51.4 Å². The minimum absolute atomic E-state index is 0.0248. The lowest BCUT2D eigenvalue weighted by Gasteiger charge is -2.37. The van der Waals surface area contributed by atoms with Gasteiger partial charge in [0.05, 0.1) is 30.6 Å². The number of fused-ring (bicyclic) bond motifs is 1. The van der Waals surface area contributed by atoms with E-state index in [-0.39, 0.29) is 24.0 Å². The molecule has 3 heterocycles. The van der Waals surface area contributed by atoms with E-state index in [9.17, 15) is 9.90 Å². The molecule has 26 heavy (non-hydrogen) atoms. The molecule has 0 saturated heterocycles. The highest BCUT2D eigenvalue weighted by atomic mass is 16.5. The second kappa shape index (κ2) is 7.07. The van der Waals surface area contributed by atoms with Gasteiger partial charge < -0.3 is 14.7 Å². The van der Waals surface area contributed by atoms with Crippen molar-refractivity contribution in [3.8, 4) is 5.75 Å². The van der Waals surface area contributed by atoms with Gasteiger partial charge in [-0.05, 0) is 44.4 Å². The van der Waals surface area contributed by atoms with E-state index in [1.54, 1.807) is 12.4 Å². The number of amides is 1.